The molecule has 3 rings (SSSR count). The third kappa shape index (κ3) is 1.93. The molecule has 6 nitrogen and oxygen atoms in total. The third-order valence-electron chi connectivity index (χ3n) is 3.53. The lowest BCUT2D eigenvalue weighted by Gasteiger charge is -2.08. The lowest BCUT2D eigenvalue weighted by molar-refractivity contribution is 0.404. The number of fused-ring (bicyclic) bond motifs is 1. The summed E-state index contributed by atoms with van der Waals surface area (Å²) in [6.45, 7) is 1.56. The molecule has 0 radical (unpaired) electrons. The Morgan fingerprint density at radius 3 is 2.32 bits per heavy atom. The normalized spacial score (nSPS) is 11.0. The molecule has 0 bridgehead atoms. The molecule has 0 saturated carbocycles. The molecule has 0 unspecified atom stereocenters. The summed E-state index contributed by atoms with van der Waals surface area (Å²) in [6, 6.07) is 4.98. The van der Waals surface area contributed by atoms with Crippen molar-refractivity contribution in [2.75, 3.05) is 0 Å². The topological polar surface area (TPSA) is 111 Å². The standard InChI is InChI=1S/C16H12O6/c1-7-11(18)5-13(20)14-15(21)9(6-22-16(7)14)8-2-3-10(17)12(19)4-8/h2-6,17-20H,1H3. The van der Waals surface area contributed by atoms with Gasteiger partial charge in [0.05, 0.1) is 5.56 Å². The highest BCUT2D eigenvalue weighted by Crippen LogP contribution is 2.35. The molecule has 0 spiro atoms. The molecule has 0 fully saturated rings. The smallest absolute Gasteiger partial charge is 0.204 e. The fourth-order valence-electron chi connectivity index (χ4n) is 2.29. The molecule has 2 aromatic carbocycles. The van der Waals surface area contributed by atoms with Crippen LogP contribution in [0.15, 0.2) is 39.7 Å². The Labute approximate surface area is 124 Å². The lowest BCUT2D eigenvalue weighted by Crippen LogP contribution is -2.05. The van der Waals surface area contributed by atoms with Crippen LogP contribution in [-0.2, 0) is 0 Å². The van der Waals surface area contributed by atoms with Crippen molar-refractivity contribution in [2.45, 2.75) is 6.92 Å². The van der Waals surface area contributed by atoms with Gasteiger partial charge in [0, 0.05) is 11.6 Å². The SMILES string of the molecule is Cc1c(O)cc(O)c2c(=O)c(-c3ccc(O)c(O)c3)coc12. The van der Waals surface area contributed by atoms with Gasteiger partial charge in [0.2, 0.25) is 5.43 Å². The highest BCUT2D eigenvalue weighted by molar-refractivity contribution is 5.90. The maximum absolute atomic E-state index is 12.6. The van der Waals surface area contributed by atoms with Crippen LogP contribution in [-0.4, -0.2) is 20.4 Å². The van der Waals surface area contributed by atoms with E-state index in [2.05, 4.69) is 0 Å². The van der Waals surface area contributed by atoms with Crippen LogP contribution in [0.2, 0.25) is 0 Å². The van der Waals surface area contributed by atoms with Gasteiger partial charge in [-0.05, 0) is 24.6 Å². The van der Waals surface area contributed by atoms with Crippen molar-refractivity contribution >= 4 is 11.0 Å². The molecule has 0 saturated heterocycles. The average molecular weight is 300 g/mol. The Morgan fingerprint density at radius 1 is 0.909 bits per heavy atom. The zero-order valence-corrected chi connectivity index (χ0v) is 11.5. The van der Waals surface area contributed by atoms with E-state index in [0.717, 1.165) is 6.07 Å². The van der Waals surface area contributed by atoms with Gasteiger partial charge >= 0.3 is 0 Å². The van der Waals surface area contributed by atoms with E-state index in [-0.39, 0.29) is 33.8 Å². The molecule has 0 aliphatic rings. The fraction of sp³-hybridized carbons (Fsp3) is 0.0625. The third-order valence-corrected chi connectivity index (χ3v) is 3.53. The van der Waals surface area contributed by atoms with Crippen LogP contribution < -0.4 is 5.43 Å². The van der Waals surface area contributed by atoms with Gasteiger partial charge < -0.3 is 24.8 Å². The van der Waals surface area contributed by atoms with Crippen LogP contribution in [0.25, 0.3) is 22.1 Å². The first kappa shape index (κ1) is 13.8. The van der Waals surface area contributed by atoms with Crippen molar-refractivity contribution < 1.29 is 24.8 Å². The average Bonchev–Trinajstić information content (AvgIpc) is 2.47. The zero-order valence-electron chi connectivity index (χ0n) is 11.5. The van der Waals surface area contributed by atoms with E-state index < -0.39 is 11.2 Å². The second-order valence-corrected chi connectivity index (χ2v) is 4.93. The number of phenols is 4. The Morgan fingerprint density at radius 2 is 1.64 bits per heavy atom. The van der Waals surface area contributed by atoms with E-state index in [0.29, 0.717) is 11.1 Å². The van der Waals surface area contributed by atoms with Crippen LogP contribution in [0, 0.1) is 6.92 Å². The van der Waals surface area contributed by atoms with E-state index >= 15 is 0 Å². The maximum atomic E-state index is 12.6. The minimum atomic E-state index is -0.507. The molecule has 0 aliphatic carbocycles. The van der Waals surface area contributed by atoms with Crippen molar-refractivity contribution in [3.63, 3.8) is 0 Å². The van der Waals surface area contributed by atoms with Crippen LogP contribution in [0.1, 0.15) is 5.56 Å². The number of hydrogen-bond acceptors (Lipinski definition) is 6. The molecule has 1 aromatic heterocycles. The number of benzene rings is 2. The van der Waals surface area contributed by atoms with E-state index in [1.165, 1.54) is 24.5 Å². The van der Waals surface area contributed by atoms with Gasteiger partial charge in [-0.2, -0.15) is 0 Å². The minimum Gasteiger partial charge on any atom is -0.507 e. The quantitative estimate of drug-likeness (QED) is 0.514. The lowest BCUT2D eigenvalue weighted by atomic mass is 10.0. The van der Waals surface area contributed by atoms with Crippen LogP contribution in [0.4, 0.5) is 0 Å². The van der Waals surface area contributed by atoms with E-state index in [9.17, 15) is 25.2 Å². The molecular formula is C16H12O6. The predicted octanol–water partition coefficient (Wildman–Crippen LogP) is 2.59. The summed E-state index contributed by atoms with van der Waals surface area (Å²) in [4.78, 5) is 12.6. The Kier molecular flexibility index (Phi) is 2.95. The van der Waals surface area contributed by atoms with Gasteiger partial charge in [0.15, 0.2) is 11.5 Å². The number of hydrogen-bond donors (Lipinski definition) is 4. The molecule has 0 amide bonds. The molecule has 1 heterocycles. The molecule has 4 N–H and O–H groups in total. The van der Waals surface area contributed by atoms with Gasteiger partial charge in [0.25, 0.3) is 0 Å². The van der Waals surface area contributed by atoms with Crippen molar-refractivity contribution in [3.8, 4) is 34.1 Å². The van der Waals surface area contributed by atoms with E-state index in [1.807, 2.05) is 0 Å². The summed E-state index contributed by atoms with van der Waals surface area (Å²) in [5.41, 5.74) is 0.366. The van der Waals surface area contributed by atoms with Gasteiger partial charge in [-0.15, -0.1) is 0 Å². The first-order chi connectivity index (χ1) is 10.4. The largest absolute Gasteiger partial charge is 0.507 e. The van der Waals surface area contributed by atoms with Crippen LogP contribution in [0.3, 0.4) is 0 Å². The molecule has 6 heteroatoms. The number of rotatable bonds is 1. The molecule has 112 valence electrons. The van der Waals surface area contributed by atoms with E-state index in [1.54, 1.807) is 6.92 Å². The Balaban J connectivity index is 2.36. The van der Waals surface area contributed by atoms with Crippen molar-refractivity contribution in [2.24, 2.45) is 0 Å². The van der Waals surface area contributed by atoms with Crippen LogP contribution in [0.5, 0.6) is 23.0 Å². The zero-order chi connectivity index (χ0) is 16.0. The summed E-state index contributed by atoms with van der Waals surface area (Å²) < 4.78 is 5.38. The highest BCUT2D eigenvalue weighted by Gasteiger charge is 2.17. The Hall–Kier alpha value is -3.15. The number of aromatic hydroxyl groups is 4. The summed E-state index contributed by atoms with van der Waals surface area (Å²) in [5, 5.41) is 38.4. The summed E-state index contributed by atoms with van der Waals surface area (Å²) in [5.74, 6) is -1.25. The van der Waals surface area contributed by atoms with Crippen molar-refractivity contribution in [3.05, 3.63) is 46.3 Å². The molecular weight excluding hydrogens is 288 g/mol. The van der Waals surface area contributed by atoms with Gasteiger partial charge in [-0.1, -0.05) is 6.07 Å². The summed E-state index contributed by atoms with van der Waals surface area (Å²) in [6.07, 6.45) is 1.18. The van der Waals surface area contributed by atoms with Gasteiger partial charge in [-0.25, -0.2) is 0 Å². The fourth-order valence-corrected chi connectivity index (χ4v) is 2.29. The first-order valence-electron chi connectivity index (χ1n) is 6.39. The van der Waals surface area contributed by atoms with Crippen molar-refractivity contribution in [1.29, 1.82) is 0 Å². The number of aryl methyl sites for hydroxylation is 1. The first-order valence-corrected chi connectivity index (χ1v) is 6.39. The monoisotopic (exact) mass is 300 g/mol. The molecule has 0 aliphatic heterocycles. The van der Waals surface area contributed by atoms with Gasteiger partial charge in [0.1, 0.15) is 28.7 Å². The summed E-state index contributed by atoms with van der Waals surface area (Å²) in [7, 11) is 0. The minimum absolute atomic E-state index is 0.0552. The molecule has 0 atom stereocenters. The Bertz CT molecular complexity index is 955. The maximum Gasteiger partial charge on any atom is 0.204 e. The molecule has 3 aromatic rings. The van der Waals surface area contributed by atoms with Crippen molar-refractivity contribution in [1.82, 2.24) is 0 Å². The highest BCUT2D eigenvalue weighted by atomic mass is 16.3. The van der Waals surface area contributed by atoms with E-state index in [4.69, 9.17) is 4.42 Å². The molecule has 22 heavy (non-hydrogen) atoms. The second-order valence-electron chi connectivity index (χ2n) is 4.93. The summed E-state index contributed by atoms with van der Waals surface area (Å²) >= 11 is 0. The van der Waals surface area contributed by atoms with Gasteiger partial charge in [-0.3, -0.25) is 4.79 Å². The number of phenolic OH excluding ortho intramolecular Hbond substituents is 4. The predicted molar refractivity (Wildman–Crippen MR) is 79.3 cm³/mol. The van der Waals surface area contributed by atoms with Crippen LogP contribution >= 0.6 is 0 Å². The second kappa shape index (κ2) is 4.70.